The van der Waals surface area contributed by atoms with Crippen LogP contribution in [0.15, 0.2) is 22.7 Å². The summed E-state index contributed by atoms with van der Waals surface area (Å²) in [6.07, 6.45) is 0.957. The quantitative estimate of drug-likeness (QED) is 0.486. The molecule has 0 saturated heterocycles. The van der Waals surface area contributed by atoms with Gasteiger partial charge in [-0.25, -0.2) is 9.37 Å². The minimum absolute atomic E-state index is 0. The molecule has 0 fully saturated rings. The number of aromatic nitrogens is 3. The van der Waals surface area contributed by atoms with Crippen LogP contribution in [0.2, 0.25) is 0 Å². The fraction of sp³-hybridized carbons (Fsp3) is 0. The number of carboxylic acids is 1. The molecule has 2 rings (SSSR count). The Bertz CT molecular complexity index is 499. The number of hydrogen-bond donors (Lipinski definition) is 0. The first-order chi connectivity index (χ1) is 7.16. The van der Waals surface area contributed by atoms with E-state index in [1.807, 2.05) is 0 Å². The summed E-state index contributed by atoms with van der Waals surface area (Å²) in [7, 11) is 0. The molecule has 0 amide bonds. The molecule has 2 heterocycles. The van der Waals surface area contributed by atoms with Crippen LogP contribution in [0.5, 0.6) is 0 Å². The van der Waals surface area contributed by atoms with Crippen LogP contribution in [0, 0.1) is 5.82 Å². The maximum atomic E-state index is 12.5. The predicted octanol–water partition coefficient (Wildman–Crippen LogP) is -3.36. The van der Waals surface area contributed by atoms with Crippen molar-refractivity contribution in [3.05, 3.63) is 30.0 Å². The van der Waals surface area contributed by atoms with Gasteiger partial charge in [-0.05, 0) is 12.1 Å². The van der Waals surface area contributed by atoms with Crippen molar-refractivity contribution in [1.29, 1.82) is 0 Å². The fourth-order valence-electron chi connectivity index (χ4n) is 0.912. The molecule has 0 aromatic carbocycles. The van der Waals surface area contributed by atoms with Crippen LogP contribution in [0.25, 0.3) is 11.6 Å². The molecule has 6 nitrogen and oxygen atoms in total. The normalized spacial score (nSPS) is 9.56. The zero-order valence-electron chi connectivity index (χ0n) is 8.18. The average Bonchev–Trinajstić information content (AvgIpc) is 2.68. The maximum absolute atomic E-state index is 12.5. The van der Waals surface area contributed by atoms with E-state index in [0.717, 1.165) is 12.3 Å². The van der Waals surface area contributed by atoms with Crippen molar-refractivity contribution in [3.8, 4) is 11.6 Å². The Morgan fingerprint density at radius 1 is 1.38 bits per heavy atom. The molecule has 0 atom stereocenters. The van der Waals surface area contributed by atoms with Gasteiger partial charge in [0.2, 0.25) is 0 Å². The number of pyridine rings is 1. The number of rotatable bonds is 2. The molecule has 2 aromatic heterocycles. The smallest absolute Gasteiger partial charge is 0.540 e. The zero-order valence-corrected chi connectivity index (χ0v) is 8.18. The Labute approximate surface area is 101 Å². The van der Waals surface area contributed by atoms with Crippen LogP contribution >= 0.6 is 0 Å². The molecular formula is C8H3FLiN3O3. The second kappa shape index (κ2) is 4.87. The Balaban J connectivity index is 0.00000128. The Kier molecular flexibility index (Phi) is 3.76. The summed E-state index contributed by atoms with van der Waals surface area (Å²) in [5, 5.41) is 16.9. The van der Waals surface area contributed by atoms with Gasteiger partial charge in [0.15, 0.2) is 0 Å². The minimum atomic E-state index is -1.57. The van der Waals surface area contributed by atoms with E-state index in [2.05, 4.69) is 15.2 Å². The SMILES string of the molecule is O=C([O-])c1nnc(-c2ccc(F)cn2)o1.[Li+]. The summed E-state index contributed by atoms with van der Waals surface area (Å²) in [5.74, 6) is -2.83. The van der Waals surface area contributed by atoms with E-state index in [0.29, 0.717) is 0 Å². The van der Waals surface area contributed by atoms with Crippen LogP contribution in [-0.2, 0) is 0 Å². The molecule has 0 aliphatic heterocycles. The molecular weight excluding hydrogens is 212 g/mol. The second-order valence-corrected chi connectivity index (χ2v) is 2.56. The number of aromatic carboxylic acids is 1. The third-order valence-corrected chi connectivity index (χ3v) is 1.55. The Hall–Kier alpha value is -1.71. The third-order valence-electron chi connectivity index (χ3n) is 1.55. The minimum Gasteiger partial charge on any atom is -0.540 e. The Morgan fingerprint density at radius 2 is 2.12 bits per heavy atom. The van der Waals surface area contributed by atoms with Crippen molar-refractivity contribution in [2.24, 2.45) is 0 Å². The van der Waals surface area contributed by atoms with Gasteiger partial charge < -0.3 is 14.3 Å². The Morgan fingerprint density at radius 3 is 2.62 bits per heavy atom. The van der Waals surface area contributed by atoms with Crippen molar-refractivity contribution in [3.63, 3.8) is 0 Å². The van der Waals surface area contributed by atoms with Crippen LogP contribution in [0.4, 0.5) is 4.39 Å². The zero-order chi connectivity index (χ0) is 10.8. The predicted molar refractivity (Wildman–Crippen MR) is 41.8 cm³/mol. The molecule has 8 heteroatoms. The monoisotopic (exact) mass is 215 g/mol. The molecule has 0 bridgehead atoms. The first-order valence-corrected chi connectivity index (χ1v) is 3.83. The summed E-state index contributed by atoms with van der Waals surface area (Å²) in [5.41, 5.74) is 0.191. The van der Waals surface area contributed by atoms with Crippen LogP contribution in [0.1, 0.15) is 10.7 Å². The first-order valence-electron chi connectivity index (χ1n) is 3.83. The van der Waals surface area contributed by atoms with Crippen molar-refractivity contribution >= 4 is 5.97 Å². The number of halogens is 1. The van der Waals surface area contributed by atoms with Gasteiger partial charge in [0, 0.05) is 0 Å². The fourth-order valence-corrected chi connectivity index (χ4v) is 0.912. The third kappa shape index (κ3) is 2.45. The van der Waals surface area contributed by atoms with E-state index < -0.39 is 17.7 Å². The van der Waals surface area contributed by atoms with Crippen LogP contribution in [0.3, 0.4) is 0 Å². The molecule has 2 aromatic rings. The van der Waals surface area contributed by atoms with Crippen LogP contribution < -0.4 is 24.0 Å². The number of carboxylic acid groups (broad SMARTS) is 1. The average molecular weight is 215 g/mol. The van der Waals surface area contributed by atoms with Gasteiger partial charge in [-0.2, -0.15) is 0 Å². The molecule has 16 heavy (non-hydrogen) atoms. The summed E-state index contributed by atoms with van der Waals surface area (Å²) in [4.78, 5) is 13.9. The molecule has 76 valence electrons. The number of carbonyl (C=O) groups is 1. The van der Waals surface area contributed by atoms with Gasteiger partial charge in [-0.15, -0.1) is 10.2 Å². The van der Waals surface area contributed by atoms with E-state index in [1.54, 1.807) is 0 Å². The summed E-state index contributed by atoms with van der Waals surface area (Å²) in [6.45, 7) is 0. The van der Waals surface area contributed by atoms with Gasteiger partial charge in [-0.3, -0.25) is 0 Å². The van der Waals surface area contributed by atoms with Gasteiger partial charge in [-0.1, -0.05) is 0 Å². The molecule has 0 N–H and O–H groups in total. The summed E-state index contributed by atoms with van der Waals surface area (Å²) in [6, 6.07) is 2.44. The van der Waals surface area contributed by atoms with Crippen molar-refractivity contribution in [2.75, 3.05) is 0 Å². The van der Waals surface area contributed by atoms with Crippen molar-refractivity contribution in [2.45, 2.75) is 0 Å². The van der Waals surface area contributed by atoms with E-state index in [1.165, 1.54) is 6.07 Å². The van der Waals surface area contributed by atoms with E-state index in [4.69, 9.17) is 4.42 Å². The van der Waals surface area contributed by atoms with E-state index >= 15 is 0 Å². The molecule has 0 saturated carbocycles. The van der Waals surface area contributed by atoms with E-state index in [-0.39, 0.29) is 30.4 Å². The number of hydrogen-bond acceptors (Lipinski definition) is 6. The largest absolute Gasteiger partial charge is 1.00 e. The maximum Gasteiger partial charge on any atom is 1.00 e. The van der Waals surface area contributed by atoms with Gasteiger partial charge in [0.1, 0.15) is 17.5 Å². The van der Waals surface area contributed by atoms with Gasteiger partial charge >= 0.3 is 18.9 Å². The summed E-state index contributed by atoms with van der Waals surface area (Å²) >= 11 is 0. The van der Waals surface area contributed by atoms with Crippen molar-refractivity contribution in [1.82, 2.24) is 15.2 Å². The first kappa shape index (κ1) is 12.4. The van der Waals surface area contributed by atoms with Gasteiger partial charge in [0.05, 0.1) is 6.20 Å². The molecule has 0 radical (unpaired) electrons. The molecule has 0 spiro atoms. The number of carbonyl (C=O) groups excluding carboxylic acids is 1. The number of nitrogens with zero attached hydrogens (tertiary/aromatic N) is 3. The standard InChI is InChI=1S/C8H4FN3O3.Li/c9-4-1-2-5(10-3-4)6-11-12-7(15-6)8(13)14;/h1-3H,(H,13,14);/q;+1/p-1. The second-order valence-electron chi connectivity index (χ2n) is 2.56. The van der Waals surface area contributed by atoms with E-state index in [9.17, 15) is 14.3 Å². The molecule has 0 aliphatic carbocycles. The van der Waals surface area contributed by atoms with Crippen molar-refractivity contribution < 1.29 is 37.6 Å². The van der Waals surface area contributed by atoms with Crippen LogP contribution in [-0.4, -0.2) is 21.2 Å². The molecule has 0 unspecified atom stereocenters. The van der Waals surface area contributed by atoms with Gasteiger partial charge in [0.25, 0.3) is 11.8 Å². The molecule has 0 aliphatic rings. The topological polar surface area (TPSA) is 91.9 Å². The summed E-state index contributed by atoms with van der Waals surface area (Å²) < 4.78 is 17.2.